The smallest absolute Gasteiger partial charge is 0.113 e. The van der Waals surface area contributed by atoms with Crippen LogP contribution in [0.15, 0.2) is 71.1 Å². The molecule has 3 nitrogen and oxygen atoms in total. The number of rotatable bonds is 10. The molecule has 1 rings (SSSR count). The van der Waals surface area contributed by atoms with Crippen LogP contribution in [-0.4, -0.2) is 24.5 Å². The van der Waals surface area contributed by atoms with Gasteiger partial charge in [0.1, 0.15) is 12.3 Å². The first-order chi connectivity index (χ1) is 13.1. The second kappa shape index (κ2) is 11.2. The molecule has 3 atom stereocenters. The summed E-state index contributed by atoms with van der Waals surface area (Å²) in [6.07, 6.45) is 14.4. The van der Waals surface area contributed by atoms with E-state index in [0.29, 0.717) is 24.9 Å². The van der Waals surface area contributed by atoms with E-state index in [1.54, 1.807) is 7.05 Å². The van der Waals surface area contributed by atoms with Gasteiger partial charge in [-0.05, 0) is 76.1 Å². The third-order valence-corrected chi connectivity index (χ3v) is 5.28. The molecule has 0 heterocycles. The predicted octanol–water partition coefficient (Wildman–Crippen LogP) is 5.83. The van der Waals surface area contributed by atoms with E-state index in [-0.39, 0.29) is 0 Å². The number of nitrogens with one attached hydrogen (secondary N) is 1. The highest BCUT2D eigenvalue weighted by Crippen LogP contribution is 2.30. The summed E-state index contributed by atoms with van der Waals surface area (Å²) < 4.78 is 6.11. The average Bonchev–Trinajstić information content (AvgIpc) is 2.83. The van der Waals surface area contributed by atoms with Gasteiger partial charge >= 0.3 is 0 Å². The quantitative estimate of drug-likeness (QED) is 0.282. The fraction of sp³-hybridized carbons (Fsp3) is 0.520. The van der Waals surface area contributed by atoms with Crippen LogP contribution in [0.1, 0.15) is 54.4 Å². The summed E-state index contributed by atoms with van der Waals surface area (Å²) in [5.41, 5.74) is 3.80. The molecule has 0 saturated carbocycles. The maximum absolute atomic E-state index is 10.3. The molecule has 0 aliphatic heterocycles. The molecule has 156 valence electrons. The van der Waals surface area contributed by atoms with Gasteiger partial charge in [0.05, 0.1) is 5.76 Å². The summed E-state index contributed by atoms with van der Waals surface area (Å²) in [7, 11) is 1.79. The Morgan fingerprint density at radius 3 is 2.64 bits per heavy atom. The minimum absolute atomic E-state index is 0.339. The highest BCUT2D eigenvalue weighted by Gasteiger charge is 2.22. The second-order valence-electron chi connectivity index (χ2n) is 8.23. The molecule has 0 bridgehead atoms. The topological polar surface area (TPSA) is 41.5 Å². The van der Waals surface area contributed by atoms with Crippen molar-refractivity contribution in [2.75, 3.05) is 13.7 Å². The lowest BCUT2D eigenvalue weighted by molar-refractivity contribution is 0.0190. The molecule has 0 aromatic rings. The third-order valence-electron chi connectivity index (χ3n) is 5.28. The van der Waals surface area contributed by atoms with E-state index < -0.39 is 5.72 Å². The van der Waals surface area contributed by atoms with E-state index in [2.05, 4.69) is 57.0 Å². The van der Waals surface area contributed by atoms with Gasteiger partial charge < -0.3 is 9.84 Å². The van der Waals surface area contributed by atoms with Crippen LogP contribution in [0.2, 0.25) is 0 Å². The van der Waals surface area contributed by atoms with Crippen LogP contribution in [0, 0.1) is 11.8 Å². The molecule has 0 amide bonds. The van der Waals surface area contributed by atoms with Crippen molar-refractivity contribution in [3.05, 3.63) is 71.1 Å². The summed E-state index contributed by atoms with van der Waals surface area (Å²) in [4.78, 5) is 0. The van der Waals surface area contributed by atoms with Crippen LogP contribution < -0.4 is 5.32 Å². The molecular formula is C25H39NO2. The molecule has 0 radical (unpaired) electrons. The molecule has 28 heavy (non-hydrogen) atoms. The van der Waals surface area contributed by atoms with Gasteiger partial charge in [0.2, 0.25) is 0 Å². The summed E-state index contributed by atoms with van der Waals surface area (Å²) in [5.74, 6) is 1.64. The normalized spacial score (nSPS) is 21.4. The van der Waals surface area contributed by atoms with Crippen molar-refractivity contribution >= 4 is 0 Å². The Bertz CT molecular complexity index is 689. The van der Waals surface area contributed by atoms with Crippen molar-refractivity contribution in [2.24, 2.45) is 11.8 Å². The van der Waals surface area contributed by atoms with Crippen LogP contribution in [0.25, 0.3) is 0 Å². The van der Waals surface area contributed by atoms with Gasteiger partial charge in [0.25, 0.3) is 0 Å². The van der Waals surface area contributed by atoms with Gasteiger partial charge in [-0.3, -0.25) is 5.32 Å². The summed E-state index contributed by atoms with van der Waals surface area (Å²) in [6.45, 7) is 16.7. The zero-order chi connectivity index (χ0) is 21.3. The second-order valence-corrected chi connectivity index (χ2v) is 8.23. The van der Waals surface area contributed by atoms with Crippen LogP contribution in [0.5, 0.6) is 0 Å². The van der Waals surface area contributed by atoms with Gasteiger partial charge in [0.15, 0.2) is 0 Å². The van der Waals surface area contributed by atoms with Crippen LogP contribution >= 0.6 is 0 Å². The molecule has 0 aromatic carbocycles. The van der Waals surface area contributed by atoms with Crippen LogP contribution in [-0.2, 0) is 4.74 Å². The van der Waals surface area contributed by atoms with Gasteiger partial charge in [-0.1, -0.05) is 62.5 Å². The lowest BCUT2D eigenvalue weighted by Crippen LogP contribution is -2.39. The molecule has 0 aromatic heterocycles. The van der Waals surface area contributed by atoms with Crippen molar-refractivity contribution in [1.29, 1.82) is 0 Å². The summed E-state index contributed by atoms with van der Waals surface area (Å²) >= 11 is 0. The highest BCUT2D eigenvalue weighted by atomic mass is 16.5. The SMILES string of the molecule is C=C(C)/C=C\C(C)=C(/C)OCC1=CC=CC(C)C=C1C(C)CCC(C)(O)NC. The standard InChI is InChI=1S/C25H39NO2/c1-18(2)12-13-20(4)22(6)28-17-23-11-9-10-19(3)16-24(23)21(5)14-15-25(7,27)26-8/h9-13,16,19,21,26-27H,1,14-15,17H2,2-8H3/b13-12-,22-20+. The Kier molecular flexibility index (Phi) is 9.71. The monoisotopic (exact) mass is 385 g/mol. The number of allylic oxidation sites excluding steroid dienone is 9. The van der Waals surface area contributed by atoms with Crippen molar-refractivity contribution in [3.8, 4) is 0 Å². The van der Waals surface area contributed by atoms with Crippen LogP contribution in [0.3, 0.4) is 0 Å². The summed E-state index contributed by atoms with van der Waals surface area (Å²) in [5, 5.41) is 13.2. The summed E-state index contributed by atoms with van der Waals surface area (Å²) in [6, 6.07) is 0. The van der Waals surface area contributed by atoms with E-state index >= 15 is 0 Å². The van der Waals surface area contributed by atoms with Crippen LogP contribution in [0.4, 0.5) is 0 Å². The number of aliphatic hydroxyl groups is 1. The van der Waals surface area contributed by atoms with Gasteiger partial charge in [-0.15, -0.1) is 0 Å². The molecule has 3 unspecified atom stereocenters. The third kappa shape index (κ3) is 8.45. The predicted molar refractivity (Wildman–Crippen MR) is 121 cm³/mol. The lowest BCUT2D eigenvalue weighted by atomic mass is 9.87. The van der Waals surface area contributed by atoms with Crippen molar-refractivity contribution < 1.29 is 9.84 Å². The maximum atomic E-state index is 10.3. The average molecular weight is 386 g/mol. The van der Waals surface area contributed by atoms with E-state index in [1.807, 2.05) is 32.9 Å². The fourth-order valence-corrected chi connectivity index (χ4v) is 2.96. The maximum Gasteiger partial charge on any atom is 0.113 e. The van der Waals surface area contributed by atoms with Gasteiger partial charge in [0, 0.05) is 0 Å². The Labute approximate surface area is 172 Å². The molecule has 0 spiro atoms. The van der Waals surface area contributed by atoms with E-state index in [9.17, 15) is 5.11 Å². The van der Waals surface area contributed by atoms with Crippen molar-refractivity contribution in [3.63, 3.8) is 0 Å². The Hall–Kier alpha value is -1.84. The Morgan fingerprint density at radius 2 is 2.04 bits per heavy atom. The Balaban J connectivity index is 2.90. The number of ether oxygens (including phenoxy) is 1. The van der Waals surface area contributed by atoms with Crippen molar-refractivity contribution in [1.82, 2.24) is 5.32 Å². The van der Waals surface area contributed by atoms with E-state index in [0.717, 1.165) is 23.3 Å². The molecule has 1 aliphatic rings. The van der Waals surface area contributed by atoms with Crippen molar-refractivity contribution in [2.45, 2.75) is 60.1 Å². The first kappa shape index (κ1) is 24.2. The largest absolute Gasteiger partial charge is 0.493 e. The molecule has 0 saturated heterocycles. The molecular weight excluding hydrogens is 346 g/mol. The fourth-order valence-electron chi connectivity index (χ4n) is 2.96. The highest BCUT2D eigenvalue weighted by molar-refractivity contribution is 5.39. The molecule has 1 aliphatic carbocycles. The zero-order valence-corrected chi connectivity index (χ0v) is 18.8. The minimum atomic E-state index is -0.837. The van der Waals surface area contributed by atoms with Gasteiger partial charge in [-0.25, -0.2) is 0 Å². The van der Waals surface area contributed by atoms with E-state index in [4.69, 9.17) is 4.74 Å². The first-order valence-corrected chi connectivity index (χ1v) is 10.2. The first-order valence-electron chi connectivity index (χ1n) is 10.2. The zero-order valence-electron chi connectivity index (χ0n) is 18.8. The molecule has 2 N–H and O–H groups in total. The van der Waals surface area contributed by atoms with E-state index in [1.165, 1.54) is 11.1 Å². The minimum Gasteiger partial charge on any atom is -0.493 e. The number of hydrogen-bond donors (Lipinski definition) is 2. The molecule has 0 fully saturated rings. The lowest BCUT2D eigenvalue weighted by Gasteiger charge is -2.26. The Morgan fingerprint density at radius 1 is 1.36 bits per heavy atom. The number of hydrogen-bond acceptors (Lipinski definition) is 3. The van der Waals surface area contributed by atoms with Gasteiger partial charge in [-0.2, -0.15) is 0 Å². The molecule has 3 heteroatoms.